The van der Waals surface area contributed by atoms with E-state index in [0.717, 1.165) is 23.8 Å². The minimum Gasteiger partial charge on any atom is -0.496 e. The van der Waals surface area contributed by atoms with Crippen molar-refractivity contribution in [2.75, 3.05) is 20.3 Å². The minimum absolute atomic E-state index is 0.0593. The molecule has 3 atom stereocenters. The lowest BCUT2D eigenvalue weighted by atomic mass is 10.1. The zero-order valence-electron chi connectivity index (χ0n) is 30.1. The fraction of sp³-hybridized carbons (Fsp3) is 0.500. The van der Waals surface area contributed by atoms with Crippen molar-refractivity contribution in [2.45, 2.75) is 100 Å². The van der Waals surface area contributed by atoms with Gasteiger partial charge < -0.3 is 30.0 Å². The first-order chi connectivity index (χ1) is 25.5. The monoisotopic (exact) mass is 751 g/mol. The van der Waals surface area contributed by atoms with Crippen LogP contribution in [0.5, 0.6) is 5.75 Å². The highest BCUT2D eigenvalue weighted by Gasteiger charge is 2.41. The van der Waals surface area contributed by atoms with Crippen LogP contribution in [-0.4, -0.2) is 85.8 Å². The number of allylic oxidation sites excluding steroid dienone is 2. The summed E-state index contributed by atoms with van der Waals surface area (Å²) in [4.78, 5) is 69.7. The smallest absolute Gasteiger partial charge is 0.408 e. The van der Waals surface area contributed by atoms with Crippen LogP contribution in [-0.2, 0) is 29.1 Å². The molecular weight excluding hydrogens is 703 g/mol. The molecule has 2 aromatic rings. The second-order valence-electron chi connectivity index (χ2n) is 13.8. The van der Waals surface area contributed by atoms with Gasteiger partial charge in [-0.2, -0.15) is 0 Å². The summed E-state index contributed by atoms with van der Waals surface area (Å²) in [5, 5.41) is 6.12. The molecule has 286 valence electrons. The summed E-state index contributed by atoms with van der Waals surface area (Å²) in [6.45, 7) is 4.25. The number of aromatic amines is 1. The van der Waals surface area contributed by atoms with Crippen LogP contribution in [0.4, 0.5) is 4.79 Å². The number of sulfonamides is 1. The van der Waals surface area contributed by atoms with Gasteiger partial charge in [0.15, 0.2) is 0 Å². The number of rotatable bonds is 11. The standard InChI is InChI=1S/C38H49N5O9S/c1-25(12-9-10-13-27-22-29-26(23-33(27)51-2)19-20-39-34(29)44)24-52-38(48)41-31-15-8-6-4-3-5-7-14-30(35(45)42-53(49,50)28-17-18-28)40-36(46)32-16-11-21-43(32)37(31)47/h5,7,10,13,19-20,22-23,28,30-32H,1,3-4,6,8-9,11-12,14-18,21,24H2,2H3,(H,39,44)(H,40,46)(H,41,48)(H,42,45)/b7-5-,13-10+/t30?,31-,32-/m0/s1. The van der Waals surface area contributed by atoms with E-state index in [0.29, 0.717) is 81.0 Å². The van der Waals surface area contributed by atoms with Crippen LogP contribution in [0, 0.1) is 0 Å². The Labute approximate surface area is 309 Å². The molecule has 53 heavy (non-hydrogen) atoms. The van der Waals surface area contributed by atoms with Crippen molar-refractivity contribution in [2.24, 2.45) is 0 Å². The molecule has 1 saturated carbocycles. The number of benzene rings is 1. The molecule has 0 bridgehead atoms. The summed E-state index contributed by atoms with van der Waals surface area (Å²) in [6.07, 6.45) is 14.6. The Morgan fingerprint density at radius 2 is 1.87 bits per heavy atom. The van der Waals surface area contributed by atoms with Gasteiger partial charge in [-0.3, -0.25) is 23.9 Å². The zero-order valence-corrected chi connectivity index (χ0v) is 30.9. The van der Waals surface area contributed by atoms with Gasteiger partial charge >= 0.3 is 6.09 Å². The Kier molecular flexibility index (Phi) is 13.5. The van der Waals surface area contributed by atoms with E-state index in [1.54, 1.807) is 31.5 Å². The van der Waals surface area contributed by atoms with Gasteiger partial charge in [0.05, 0.1) is 12.4 Å². The van der Waals surface area contributed by atoms with Crippen molar-refractivity contribution in [3.8, 4) is 5.75 Å². The Balaban J connectivity index is 1.16. The third kappa shape index (κ3) is 10.8. The number of H-pyrrole nitrogens is 1. The number of aromatic nitrogens is 1. The third-order valence-electron chi connectivity index (χ3n) is 9.66. The number of hydrogen-bond acceptors (Lipinski definition) is 9. The maximum absolute atomic E-state index is 13.8. The van der Waals surface area contributed by atoms with Gasteiger partial charge in [0, 0.05) is 23.7 Å². The van der Waals surface area contributed by atoms with Crippen LogP contribution in [0.15, 0.2) is 59.6 Å². The fourth-order valence-corrected chi connectivity index (χ4v) is 7.88. The van der Waals surface area contributed by atoms with Crippen LogP contribution in [0.3, 0.4) is 0 Å². The van der Waals surface area contributed by atoms with E-state index >= 15 is 0 Å². The fourth-order valence-electron chi connectivity index (χ4n) is 6.53. The summed E-state index contributed by atoms with van der Waals surface area (Å²) in [7, 11) is -2.25. The number of carbonyl (C=O) groups excluding carboxylic acids is 4. The van der Waals surface area contributed by atoms with Crippen LogP contribution < -0.4 is 25.7 Å². The van der Waals surface area contributed by atoms with Crippen molar-refractivity contribution < 1.29 is 37.1 Å². The number of pyridine rings is 1. The molecule has 3 aliphatic rings. The summed E-state index contributed by atoms with van der Waals surface area (Å²) < 4.78 is 38.0. The van der Waals surface area contributed by atoms with E-state index in [2.05, 4.69) is 26.9 Å². The second-order valence-corrected chi connectivity index (χ2v) is 15.7. The van der Waals surface area contributed by atoms with E-state index in [-0.39, 0.29) is 18.6 Å². The molecule has 14 nitrogen and oxygen atoms in total. The van der Waals surface area contributed by atoms with Crippen LogP contribution in [0.2, 0.25) is 0 Å². The first kappa shape index (κ1) is 39.3. The summed E-state index contributed by atoms with van der Waals surface area (Å²) in [5.74, 6) is -1.15. The molecule has 4 N–H and O–H groups in total. The molecule has 0 radical (unpaired) electrons. The van der Waals surface area contributed by atoms with E-state index in [1.165, 1.54) is 4.90 Å². The molecule has 1 unspecified atom stereocenters. The Morgan fingerprint density at radius 3 is 2.64 bits per heavy atom. The second kappa shape index (κ2) is 18.2. The molecule has 3 heterocycles. The summed E-state index contributed by atoms with van der Waals surface area (Å²) in [5.41, 5.74) is 1.22. The van der Waals surface area contributed by atoms with Gasteiger partial charge in [-0.1, -0.05) is 43.7 Å². The molecule has 2 fully saturated rings. The van der Waals surface area contributed by atoms with Gasteiger partial charge in [-0.25, -0.2) is 13.2 Å². The molecule has 1 aliphatic carbocycles. The average molecular weight is 752 g/mol. The number of carbonyl (C=O) groups is 4. The third-order valence-corrected chi connectivity index (χ3v) is 11.5. The van der Waals surface area contributed by atoms with Crippen molar-refractivity contribution in [1.82, 2.24) is 25.2 Å². The van der Waals surface area contributed by atoms with Crippen molar-refractivity contribution in [3.63, 3.8) is 0 Å². The highest BCUT2D eigenvalue weighted by atomic mass is 32.2. The predicted octanol–water partition coefficient (Wildman–Crippen LogP) is 3.98. The van der Waals surface area contributed by atoms with Gasteiger partial charge in [-0.15, -0.1) is 0 Å². The minimum atomic E-state index is -3.81. The molecule has 5 rings (SSSR count). The molecular formula is C38H49N5O9S. The lowest BCUT2D eigenvalue weighted by molar-refractivity contribution is -0.140. The van der Waals surface area contributed by atoms with E-state index < -0.39 is 57.2 Å². The molecule has 4 amide bonds. The van der Waals surface area contributed by atoms with E-state index in [9.17, 15) is 32.4 Å². The number of methoxy groups -OCH3 is 1. The maximum Gasteiger partial charge on any atom is 0.408 e. The Bertz CT molecular complexity index is 1920. The van der Waals surface area contributed by atoms with Crippen LogP contribution in [0.1, 0.15) is 82.6 Å². The topological polar surface area (TPSA) is 193 Å². The van der Waals surface area contributed by atoms with E-state index in [1.807, 2.05) is 24.3 Å². The summed E-state index contributed by atoms with van der Waals surface area (Å²) >= 11 is 0. The predicted molar refractivity (Wildman–Crippen MR) is 200 cm³/mol. The number of amides is 4. The van der Waals surface area contributed by atoms with Gasteiger partial charge in [0.1, 0.15) is 30.5 Å². The SMILES string of the molecule is C=C(CC/C=C/c1cc2c(=O)[nH]ccc2cc1OC)COC(=O)N[C@H]1CCCCC/C=C\CC(C(=O)NS(=O)(=O)C2CC2)NC(=O)[C@@H]2CCCN2C1=O. The summed E-state index contributed by atoms with van der Waals surface area (Å²) in [6, 6.07) is 2.45. The quantitative estimate of drug-likeness (QED) is 0.246. The average Bonchev–Trinajstić information content (AvgIpc) is 3.89. The van der Waals surface area contributed by atoms with Gasteiger partial charge in [0.25, 0.3) is 11.5 Å². The lowest BCUT2D eigenvalue weighted by Crippen LogP contribution is -2.56. The van der Waals surface area contributed by atoms with Crippen LogP contribution >= 0.6 is 0 Å². The highest BCUT2D eigenvalue weighted by molar-refractivity contribution is 7.90. The molecule has 0 spiro atoms. The largest absolute Gasteiger partial charge is 0.496 e. The molecule has 15 heteroatoms. The Morgan fingerprint density at radius 1 is 1.06 bits per heavy atom. The molecule has 1 aromatic heterocycles. The van der Waals surface area contributed by atoms with Crippen molar-refractivity contribution in [1.29, 1.82) is 0 Å². The molecule has 2 aliphatic heterocycles. The molecule has 1 aromatic carbocycles. The highest BCUT2D eigenvalue weighted by Crippen LogP contribution is 2.28. The normalized spacial score (nSPS) is 22.3. The number of alkyl carbamates (subject to hydrolysis) is 1. The van der Waals surface area contributed by atoms with E-state index in [4.69, 9.17) is 9.47 Å². The van der Waals surface area contributed by atoms with Crippen molar-refractivity contribution >= 4 is 50.7 Å². The van der Waals surface area contributed by atoms with Crippen molar-refractivity contribution in [3.05, 3.63) is 70.7 Å². The number of ether oxygens (including phenoxy) is 2. The first-order valence-electron chi connectivity index (χ1n) is 18.2. The number of hydrogen-bond donors (Lipinski definition) is 4. The lowest BCUT2D eigenvalue weighted by Gasteiger charge is -2.29. The number of nitrogens with one attached hydrogen (secondary N) is 4. The first-order valence-corrected chi connectivity index (χ1v) is 19.8. The van der Waals surface area contributed by atoms with Crippen LogP contribution in [0.25, 0.3) is 16.8 Å². The van der Waals surface area contributed by atoms with Gasteiger partial charge in [0.2, 0.25) is 21.8 Å². The van der Waals surface area contributed by atoms with Gasteiger partial charge in [-0.05, 0) is 93.4 Å². The number of fused-ring (bicyclic) bond motifs is 2. The zero-order chi connectivity index (χ0) is 38.0. The maximum atomic E-state index is 13.8. The Hall–Kier alpha value is -4.92. The number of nitrogens with zero attached hydrogens (tertiary/aromatic N) is 1. The molecule has 1 saturated heterocycles.